The molecular formula is C7H6N2O3. The third-order valence-electron chi connectivity index (χ3n) is 1.41. The molecule has 0 bridgehead atoms. The Morgan fingerprint density at radius 3 is 2.50 bits per heavy atom. The van der Waals surface area contributed by atoms with Crippen LogP contribution in [0.15, 0.2) is 9.59 Å². The molecule has 0 spiro atoms. The van der Waals surface area contributed by atoms with E-state index in [4.69, 9.17) is 17.4 Å². The molecule has 1 aromatic rings. The van der Waals surface area contributed by atoms with E-state index in [-0.39, 0.29) is 12.2 Å². The van der Waals surface area contributed by atoms with Crippen molar-refractivity contribution < 1.29 is 5.11 Å². The number of terminal acetylenes is 1. The highest BCUT2D eigenvalue weighted by Crippen LogP contribution is 2.16. The molecule has 0 aliphatic rings. The lowest BCUT2D eigenvalue weighted by Crippen LogP contribution is -2.43. The average molecular weight is 166 g/mol. The Morgan fingerprint density at radius 1 is 1.50 bits per heavy atom. The molecule has 0 radical (unpaired) electrons. The zero-order chi connectivity index (χ0) is 9.30. The molecule has 0 unspecified atom stereocenters. The predicted molar refractivity (Wildman–Crippen MR) is 43.4 cm³/mol. The van der Waals surface area contributed by atoms with Gasteiger partial charge < -0.3 is 5.11 Å². The Kier molecular flexibility index (Phi) is 1.85. The highest BCUT2D eigenvalue weighted by Gasteiger charge is 2.23. The first-order valence-corrected chi connectivity index (χ1v) is 3.07. The summed E-state index contributed by atoms with van der Waals surface area (Å²) < 4.78 is 0. The van der Waals surface area contributed by atoms with Gasteiger partial charge in [-0.2, -0.15) is 0 Å². The van der Waals surface area contributed by atoms with Crippen LogP contribution in [-0.4, -0.2) is 11.7 Å². The van der Waals surface area contributed by atoms with Crippen LogP contribution < -0.4 is 21.7 Å². The van der Waals surface area contributed by atoms with Gasteiger partial charge in [0.1, 0.15) is 0 Å². The number of anilines is 1. The van der Waals surface area contributed by atoms with Gasteiger partial charge in [0, 0.05) is 0 Å². The van der Waals surface area contributed by atoms with E-state index in [2.05, 4.69) is 5.92 Å². The second-order valence-electron chi connectivity index (χ2n) is 2.19. The summed E-state index contributed by atoms with van der Waals surface area (Å²) in [6.45, 7) is -0.0294. The van der Waals surface area contributed by atoms with E-state index < -0.39 is 16.6 Å². The number of hydrogen-bond acceptors (Lipinski definition) is 5. The molecular weight excluding hydrogens is 160 g/mol. The fraction of sp³-hybridized carbons (Fsp3) is 0.143. The molecule has 62 valence electrons. The Hall–Kier alpha value is -1.80. The minimum atomic E-state index is -0.919. The lowest BCUT2D eigenvalue weighted by molar-refractivity contribution is 0.462. The molecule has 5 heteroatoms. The molecule has 5 nitrogen and oxygen atoms in total. The van der Waals surface area contributed by atoms with E-state index in [1.165, 1.54) is 0 Å². The van der Waals surface area contributed by atoms with Gasteiger partial charge in [0.25, 0.3) is 10.9 Å². The minimum absolute atomic E-state index is 0.0294. The summed E-state index contributed by atoms with van der Waals surface area (Å²) in [4.78, 5) is 21.2. The molecule has 0 aromatic heterocycles. The number of aromatic hydroxyl groups is 1. The number of hydrogen-bond donors (Lipinski definition) is 2. The van der Waals surface area contributed by atoms with Gasteiger partial charge in [-0.05, 0) is 0 Å². The average Bonchev–Trinajstić information content (AvgIpc) is 2.05. The maximum absolute atomic E-state index is 10.7. The van der Waals surface area contributed by atoms with Crippen LogP contribution in [0.4, 0.5) is 5.69 Å². The number of nitrogens with zero attached hydrogens (tertiary/aromatic N) is 1. The fourth-order valence-corrected chi connectivity index (χ4v) is 0.812. The van der Waals surface area contributed by atoms with Gasteiger partial charge in [-0.15, -0.1) is 6.42 Å². The van der Waals surface area contributed by atoms with Crippen molar-refractivity contribution in [2.24, 2.45) is 5.84 Å². The maximum atomic E-state index is 10.7. The summed E-state index contributed by atoms with van der Waals surface area (Å²) in [7, 11) is 0. The van der Waals surface area contributed by atoms with Gasteiger partial charge in [0.05, 0.1) is 6.54 Å². The van der Waals surface area contributed by atoms with E-state index in [9.17, 15) is 9.59 Å². The van der Waals surface area contributed by atoms with E-state index in [0.29, 0.717) is 0 Å². The van der Waals surface area contributed by atoms with Crippen LogP contribution >= 0.6 is 0 Å². The smallest absolute Gasteiger partial charge is 0.271 e. The van der Waals surface area contributed by atoms with Gasteiger partial charge in [0.15, 0.2) is 11.4 Å². The first-order chi connectivity index (χ1) is 5.59. The van der Waals surface area contributed by atoms with Gasteiger partial charge in [-0.1, -0.05) is 5.92 Å². The molecule has 0 heterocycles. The summed E-state index contributed by atoms with van der Waals surface area (Å²) >= 11 is 0. The third kappa shape index (κ3) is 0.946. The number of nitrogens with two attached hydrogens (primary N) is 1. The fourth-order valence-electron chi connectivity index (χ4n) is 0.812. The monoisotopic (exact) mass is 166 g/mol. The molecule has 0 fully saturated rings. The molecule has 12 heavy (non-hydrogen) atoms. The number of hydrazine groups is 1. The zero-order valence-corrected chi connectivity index (χ0v) is 6.07. The first-order valence-electron chi connectivity index (χ1n) is 3.07. The first kappa shape index (κ1) is 8.30. The van der Waals surface area contributed by atoms with E-state index >= 15 is 0 Å². The van der Waals surface area contributed by atoms with Crippen LogP contribution in [0.25, 0.3) is 0 Å². The maximum Gasteiger partial charge on any atom is 0.271 e. The molecule has 0 aliphatic heterocycles. The summed E-state index contributed by atoms with van der Waals surface area (Å²) in [6.07, 6.45) is 4.90. The Bertz CT molecular complexity index is 409. The quantitative estimate of drug-likeness (QED) is 0.237. The molecule has 1 aromatic carbocycles. The molecule has 0 saturated carbocycles. The molecule has 0 atom stereocenters. The molecule has 0 amide bonds. The SMILES string of the molecule is C#CCN(N)c1c(O)c(=O)c1=O. The van der Waals surface area contributed by atoms with Crippen molar-refractivity contribution in [3.63, 3.8) is 0 Å². The van der Waals surface area contributed by atoms with Crippen LogP contribution in [0.2, 0.25) is 0 Å². The van der Waals surface area contributed by atoms with Crippen molar-refractivity contribution in [1.29, 1.82) is 0 Å². The van der Waals surface area contributed by atoms with Gasteiger partial charge in [-0.25, -0.2) is 5.84 Å². The molecule has 0 aliphatic carbocycles. The van der Waals surface area contributed by atoms with Gasteiger partial charge >= 0.3 is 0 Å². The highest BCUT2D eigenvalue weighted by atomic mass is 16.3. The minimum Gasteiger partial charge on any atom is -0.502 e. The number of rotatable bonds is 2. The summed E-state index contributed by atoms with van der Waals surface area (Å²) in [5.41, 5.74) is -1.93. The van der Waals surface area contributed by atoms with E-state index in [0.717, 1.165) is 5.01 Å². The Labute approximate surface area is 67.7 Å². The van der Waals surface area contributed by atoms with Crippen LogP contribution in [0, 0.1) is 12.3 Å². The molecule has 1 rings (SSSR count). The topological polar surface area (TPSA) is 83.6 Å². The van der Waals surface area contributed by atoms with Crippen molar-refractivity contribution in [3.8, 4) is 18.1 Å². The molecule has 3 N–H and O–H groups in total. The van der Waals surface area contributed by atoms with Crippen LogP contribution in [0.3, 0.4) is 0 Å². The van der Waals surface area contributed by atoms with E-state index in [1.807, 2.05) is 0 Å². The van der Waals surface area contributed by atoms with Crippen molar-refractivity contribution in [3.05, 3.63) is 20.4 Å². The van der Waals surface area contributed by atoms with E-state index in [1.54, 1.807) is 0 Å². The van der Waals surface area contributed by atoms with Crippen LogP contribution in [0.5, 0.6) is 5.75 Å². The lowest BCUT2D eigenvalue weighted by Gasteiger charge is -2.16. The molecule has 0 saturated heterocycles. The summed E-state index contributed by atoms with van der Waals surface area (Å²) in [5, 5.41) is 9.72. The normalized spacial score (nSPS) is 9.67. The third-order valence-corrected chi connectivity index (χ3v) is 1.41. The van der Waals surface area contributed by atoms with Crippen molar-refractivity contribution in [2.45, 2.75) is 0 Å². The summed E-state index contributed by atoms with van der Waals surface area (Å²) in [5.74, 6) is 6.78. The van der Waals surface area contributed by atoms with Crippen molar-refractivity contribution in [1.82, 2.24) is 0 Å². The zero-order valence-electron chi connectivity index (χ0n) is 6.07. The summed E-state index contributed by atoms with van der Waals surface area (Å²) in [6, 6.07) is 0. The van der Waals surface area contributed by atoms with Crippen molar-refractivity contribution >= 4 is 5.69 Å². The Morgan fingerprint density at radius 2 is 2.08 bits per heavy atom. The highest BCUT2D eigenvalue weighted by molar-refractivity contribution is 5.62. The largest absolute Gasteiger partial charge is 0.502 e. The standard InChI is InChI=1S/C7H6N2O3/c1-2-3-9(8)4-5(10)7(12)6(4)11/h1,10H,3,8H2. The van der Waals surface area contributed by atoms with Crippen molar-refractivity contribution in [2.75, 3.05) is 11.6 Å². The predicted octanol–water partition coefficient (Wildman–Crippen LogP) is -1.70. The van der Waals surface area contributed by atoms with Gasteiger partial charge in [-0.3, -0.25) is 14.6 Å². The Balaban J connectivity index is 3.01. The second kappa shape index (κ2) is 2.68. The lowest BCUT2D eigenvalue weighted by atomic mass is 10.2. The second-order valence-corrected chi connectivity index (χ2v) is 2.19. The van der Waals surface area contributed by atoms with Crippen LogP contribution in [-0.2, 0) is 0 Å². The van der Waals surface area contributed by atoms with Gasteiger partial charge in [0.2, 0.25) is 0 Å². The van der Waals surface area contributed by atoms with Crippen LogP contribution in [0.1, 0.15) is 0 Å².